The van der Waals surface area contributed by atoms with Gasteiger partial charge in [-0.2, -0.15) is 0 Å². The van der Waals surface area contributed by atoms with E-state index in [0.29, 0.717) is 11.1 Å². The summed E-state index contributed by atoms with van der Waals surface area (Å²) in [7, 11) is 0. The molecule has 4 heteroatoms. The van der Waals surface area contributed by atoms with Gasteiger partial charge in [0.15, 0.2) is 5.41 Å². The van der Waals surface area contributed by atoms with Gasteiger partial charge in [-0.1, -0.05) is 60.7 Å². The van der Waals surface area contributed by atoms with Crippen molar-refractivity contribution in [2.24, 2.45) is 0 Å². The van der Waals surface area contributed by atoms with Gasteiger partial charge in [-0.05, 0) is 11.1 Å². The zero-order valence-corrected chi connectivity index (χ0v) is 14.2. The van der Waals surface area contributed by atoms with Gasteiger partial charge in [-0.3, -0.25) is 9.59 Å². The van der Waals surface area contributed by atoms with Gasteiger partial charge in [-0.15, -0.1) is 0 Å². The molecule has 96 valence electrons. The van der Waals surface area contributed by atoms with Crippen molar-refractivity contribution < 1.29 is 9.59 Å². The molecule has 0 saturated carbocycles. The lowest BCUT2D eigenvalue weighted by Crippen LogP contribution is -2.39. The lowest BCUT2D eigenvalue weighted by molar-refractivity contribution is -0.121. The zero-order chi connectivity index (χ0) is 13.9. The number of hydrogen-bond donors (Lipinski definition) is 0. The third-order valence-electron chi connectivity index (χ3n) is 3.00. The standard InChI is InChI=1S/C15H10I2O2/c16-13(18)15(14(17)19,11-7-3-1-4-8-11)12-9-5-2-6-10-12/h1-10H. The normalized spacial score (nSPS) is 11.1. The van der Waals surface area contributed by atoms with E-state index in [2.05, 4.69) is 0 Å². The predicted octanol–water partition coefficient (Wildman–Crippen LogP) is 3.90. The quantitative estimate of drug-likeness (QED) is 0.382. The van der Waals surface area contributed by atoms with Crippen LogP contribution >= 0.6 is 45.2 Å². The summed E-state index contributed by atoms with van der Waals surface area (Å²) in [5.74, 6) is 0. The van der Waals surface area contributed by atoms with Crippen LogP contribution in [0.5, 0.6) is 0 Å². The highest BCUT2D eigenvalue weighted by Crippen LogP contribution is 2.38. The summed E-state index contributed by atoms with van der Waals surface area (Å²) in [6.07, 6.45) is 0. The average molecular weight is 476 g/mol. The Balaban J connectivity index is 2.77. The topological polar surface area (TPSA) is 34.1 Å². The lowest BCUT2D eigenvalue weighted by Gasteiger charge is -2.27. The third-order valence-corrected chi connectivity index (χ3v) is 4.62. The van der Waals surface area contributed by atoms with E-state index in [0.717, 1.165) is 0 Å². The number of carbonyl (C=O) groups excluding carboxylic acids is 2. The van der Waals surface area contributed by atoms with E-state index in [-0.39, 0.29) is 7.58 Å². The molecule has 0 aliphatic heterocycles. The molecule has 0 N–H and O–H groups in total. The van der Waals surface area contributed by atoms with Crippen LogP contribution in [-0.2, 0) is 15.0 Å². The Bertz CT molecular complexity index is 539. The Morgan fingerprint density at radius 2 is 1.00 bits per heavy atom. The summed E-state index contributed by atoms with van der Waals surface area (Å²) >= 11 is 3.43. The van der Waals surface area contributed by atoms with Crippen LogP contribution in [0.3, 0.4) is 0 Å². The van der Waals surface area contributed by atoms with Crippen molar-refractivity contribution in [2.45, 2.75) is 5.41 Å². The second kappa shape index (κ2) is 6.13. The zero-order valence-electron chi connectivity index (χ0n) is 9.85. The van der Waals surface area contributed by atoms with Crippen molar-refractivity contribution in [1.82, 2.24) is 0 Å². The Labute approximate surface area is 138 Å². The smallest absolute Gasteiger partial charge is 0.215 e. The van der Waals surface area contributed by atoms with Crippen LogP contribution in [0.15, 0.2) is 60.7 Å². The van der Waals surface area contributed by atoms with Gasteiger partial charge >= 0.3 is 0 Å². The first-order chi connectivity index (χ1) is 9.10. The number of hydrogen-bond acceptors (Lipinski definition) is 2. The minimum Gasteiger partial charge on any atom is -0.286 e. The first-order valence-corrected chi connectivity index (χ1v) is 7.77. The largest absolute Gasteiger partial charge is 0.286 e. The summed E-state index contributed by atoms with van der Waals surface area (Å²) in [5.41, 5.74) is 0.198. The van der Waals surface area contributed by atoms with Crippen molar-refractivity contribution in [3.63, 3.8) is 0 Å². The van der Waals surface area contributed by atoms with Crippen LogP contribution in [0, 0.1) is 0 Å². The molecule has 0 aromatic heterocycles. The molecule has 0 radical (unpaired) electrons. The van der Waals surface area contributed by atoms with Crippen LogP contribution in [0.1, 0.15) is 11.1 Å². The fourth-order valence-electron chi connectivity index (χ4n) is 2.07. The van der Waals surface area contributed by atoms with Gasteiger partial charge in [0.2, 0.25) is 7.58 Å². The summed E-state index contributed by atoms with van der Waals surface area (Å²) in [5, 5.41) is 0. The summed E-state index contributed by atoms with van der Waals surface area (Å²) in [4.78, 5) is 24.5. The molecule has 0 amide bonds. The molecular formula is C15H10I2O2. The van der Waals surface area contributed by atoms with E-state index in [1.807, 2.05) is 60.7 Å². The summed E-state index contributed by atoms with van der Waals surface area (Å²) < 4.78 is -0.385. The van der Waals surface area contributed by atoms with Gasteiger partial charge in [0.05, 0.1) is 0 Å². The average Bonchev–Trinajstić information content (AvgIpc) is 2.41. The molecule has 19 heavy (non-hydrogen) atoms. The highest BCUT2D eigenvalue weighted by atomic mass is 127. The van der Waals surface area contributed by atoms with Crippen LogP contribution in [0.4, 0.5) is 0 Å². The van der Waals surface area contributed by atoms with Crippen LogP contribution < -0.4 is 0 Å². The number of carbonyl (C=O) groups is 2. The highest BCUT2D eigenvalue weighted by Gasteiger charge is 2.46. The Morgan fingerprint density at radius 1 is 0.684 bits per heavy atom. The molecule has 0 saturated heterocycles. The molecule has 0 spiro atoms. The van der Waals surface area contributed by atoms with E-state index in [1.54, 1.807) is 45.2 Å². The molecule has 0 fully saturated rings. The third kappa shape index (κ3) is 2.60. The van der Waals surface area contributed by atoms with Crippen molar-refractivity contribution in [2.75, 3.05) is 0 Å². The molecule has 0 atom stereocenters. The predicted molar refractivity (Wildman–Crippen MR) is 91.7 cm³/mol. The minimum atomic E-state index is -1.22. The lowest BCUT2D eigenvalue weighted by atomic mass is 9.77. The molecule has 0 heterocycles. The Morgan fingerprint density at radius 3 is 1.26 bits per heavy atom. The van der Waals surface area contributed by atoms with E-state index < -0.39 is 5.41 Å². The molecular weight excluding hydrogens is 466 g/mol. The van der Waals surface area contributed by atoms with Gasteiger partial charge in [0.1, 0.15) is 0 Å². The highest BCUT2D eigenvalue weighted by molar-refractivity contribution is 14.1. The van der Waals surface area contributed by atoms with E-state index >= 15 is 0 Å². The SMILES string of the molecule is O=C(I)C(C(=O)I)(c1ccccc1)c1ccccc1. The molecule has 0 unspecified atom stereocenters. The molecule has 2 rings (SSSR count). The monoisotopic (exact) mass is 476 g/mol. The number of rotatable bonds is 4. The second-order valence-electron chi connectivity index (χ2n) is 4.03. The molecule has 0 aliphatic rings. The minimum absolute atomic E-state index is 0.193. The maximum absolute atomic E-state index is 12.3. The first kappa shape index (κ1) is 14.6. The van der Waals surface area contributed by atoms with Crippen molar-refractivity contribution in [1.29, 1.82) is 0 Å². The van der Waals surface area contributed by atoms with Crippen molar-refractivity contribution in [3.8, 4) is 0 Å². The van der Waals surface area contributed by atoms with E-state index in [1.165, 1.54) is 0 Å². The van der Waals surface area contributed by atoms with Gasteiger partial charge in [0, 0.05) is 45.2 Å². The van der Waals surface area contributed by atoms with Crippen LogP contribution in [0.25, 0.3) is 0 Å². The van der Waals surface area contributed by atoms with Crippen LogP contribution in [0.2, 0.25) is 0 Å². The fraction of sp³-hybridized carbons (Fsp3) is 0.0667. The molecule has 0 bridgehead atoms. The summed E-state index contributed by atoms with van der Waals surface area (Å²) in [6.45, 7) is 0. The van der Waals surface area contributed by atoms with E-state index in [9.17, 15) is 9.59 Å². The van der Waals surface area contributed by atoms with Crippen LogP contribution in [-0.4, -0.2) is 7.58 Å². The van der Waals surface area contributed by atoms with Gasteiger partial charge in [0.25, 0.3) is 0 Å². The number of halogens is 2. The van der Waals surface area contributed by atoms with Crippen molar-refractivity contribution in [3.05, 3.63) is 71.8 Å². The van der Waals surface area contributed by atoms with Gasteiger partial charge < -0.3 is 0 Å². The molecule has 2 nitrogen and oxygen atoms in total. The Kier molecular flexibility index (Phi) is 4.72. The second-order valence-corrected chi connectivity index (χ2v) is 5.99. The Hall–Kier alpha value is -0.760. The first-order valence-electron chi connectivity index (χ1n) is 5.61. The maximum atomic E-state index is 12.3. The molecule has 0 aliphatic carbocycles. The van der Waals surface area contributed by atoms with Crippen molar-refractivity contribution >= 4 is 52.8 Å². The summed E-state index contributed by atoms with van der Waals surface area (Å²) in [6, 6.07) is 18.4. The maximum Gasteiger partial charge on any atom is 0.215 e. The molecule has 2 aromatic rings. The fourth-order valence-corrected chi connectivity index (χ4v) is 4.33. The number of benzene rings is 2. The van der Waals surface area contributed by atoms with E-state index in [4.69, 9.17) is 0 Å². The van der Waals surface area contributed by atoms with Gasteiger partial charge in [-0.25, -0.2) is 0 Å². The molecule has 2 aromatic carbocycles.